The smallest absolute Gasteiger partial charge is 0.155 e. The number of aromatic nitrogens is 2. The van der Waals surface area contributed by atoms with Gasteiger partial charge in [-0.05, 0) is 43.3 Å². The monoisotopic (exact) mass is 279 g/mol. The van der Waals surface area contributed by atoms with Crippen molar-refractivity contribution in [2.45, 2.75) is 19.1 Å². The van der Waals surface area contributed by atoms with Gasteiger partial charge in [0.05, 0.1) is 11.2 Å². The van der Waals surface area contributed by atoms with E-state index in [1.165, 1.54) is 0 Å². The van der Waals surface area contributed by atoms with Gasteiger partial charge in [-0.15, -0.1) is 0 Å². The third kappa shape index (κ3) is 2.85. The van der Waals surface area contributed by atoms with Crippen molar-refractivity contribution in [1.82, 2.24) is 9.97 Å². The van der Waals surface area contributed by atoms with E-state index in [0.29, 0.717) is 0 Å². The Hall–Kier alpha value is -2.46. The fraction of sp³-hybridized carbons (Fsp3) is 0.176. The van der Waals surface area contributed by atoms with Crippen molar-refractivity contribution >= 4 is 10.9 Å². The molecule has 2 unspecified atom stereocenters. The van der Waals surface area contributed by atoms with Gasteiger partial charge in [-0.2, -0.15) is 0 Å². The second kappa shape index (κ2) is 5.89. The summed E-state index contributed by atoms with van der Waals surface area (Å²) in [6.45, 7) is 1.92. The summed E-state index contributed by atoms with van der Waals surface area (Å²) in [6, 6.07) is 15.3. The molecule has 3 rings (SSSR count). The van der Waals surface area contributed by atoms with Crippen LogP contribution in [0, 0.1) is 0 Å². The van der Waals surface area contributed by atoms with Gasteiger partial charge in [0.2, 0.25) is 0 Å². The molecule has 0 saturated carbocycles. The van der Waals surface area contributed by atoms with Crippen molar-refractivity contribution in [3.8, 4) is 5.75 Å². The van der Waals surface area contributed by atoms with E-state index in [2.05, 4.69) is 9.97 Å². The highest BCUT2D eigenvalue weighted by atomic mass is 16.5. The molecule has 0 saturated heterocycles. The second-order valence-electron chi connectivity index (χ2n) is 4.98. The highest BCUT2D eigenvalue weighted by molar-refractivity contribution is 5.84. The third-order valence-electron chi connectivity index (χ3n) is 3.32. The van der Waals surface area contributed by atoms with Crippen LogP contribution in [0.3, 0.4) is 0 Å². The summed E-state index contributed by atoms with van der Waals surface area (Å²) >= 11 is 0. The van der Waals surface area contributed by atoms with E-state index in [-0.39, 0.29) is 12.1 Å². The zero-order valence-electron chi connectivity index (χ0n) is 11.8. The van der Waals surface area contributed by atoms with Crippen LogP contribution in [0.2, 0.25) is 0 Å². The Morgan fingerprint density at radius 1 is 0.952 bits per heavy atom. The molecule has 0 aliphatic heterocycles. The molecule has 2 aromatic heterocycles. The normalized spacial score (nSPS) is 13.8. The first kappa shape index (κ1) is 13.5. The predicted octanol–water partition coefficient (Wildman–Crippen LogP) is 3.10. The van der Waals surface area contributed by atoms with E-state index >= 15 is 0 Å². The average Bonchev–Trinajstić information content (AvgIpc) is 2.53. The number of rotatable bonds is 4. The molecule has 0 fully saturated rings. The standard InChI is InChI=1S/C17H17N3O/c1-12(18)17(15-7-2-3-10-20-15)21-16-9-4-8-14-13(16)6-5-11-19-14/h2-12,17H,18H2,1H3. The third-order valence-corrected chi connectivity index (χ3v) is 3.32. The van der Waals surface area contributed by atoms with Crippen LogP contribution in [0.25, 0.3) is 10.9 Å². The van der Waals surface area contributed by atoms with E-state index in [9.17, 15) is 0 Å². The molecule has 4 heteroatoms. The van der Waals surface area contributed by atoms with Crippen LogP contribution >= 0.6 is 0 Å². The lowest BCUT2D eigenvalue weighted by atomic mass is 10.1. The Labute approximate surface area is 123 Å². The van der Waals surface area contributed by atoms with Crippen molar-refractivity contribution in [2.75, 3.05) is 0 Å². The molecule has 0 radical (unpaired) electrons. The molecule has 4 nitrogen and oxygen atoms in total. The maximum atomic E-state index is 6.15. The van der Waals surface area contributed by atoms with Crippen molar-refractivity contribution in [3.05, 3.63) is 66.6 Å². The lowest BCUT2D eigenvalue weighted by molar-refractivity contribution is 0.178. The van der Waals surface area contributed by atoms with Crippen LogP contribution in [0.15, 0.2) is 60.9 Å². The van der Waals surface area contributed by atoms with Gasteiger partial charge in [0.1, 0.15) is 5.75 Å². The van der Waals surface area contributed by atoms with Crippen molar-refractivity contribution in [3.63, 3.8) is 0 Å². The number of ether oxygens (including phenoxy) is 1. The molecule has 0 bridgehead atoms. The maximum absolute atomic E-state index is 6.15. The van der Waals surface area contributed by atoms with Crippen LogP contribution in [-0.2, 0) is 0 Å². The van der Waals surface area contributed by atoms with Gasteiger partial charge in [-0.25, -0.2) is 0 Å². The van der Waals surface area contributed by atoms with Gasteiger partial charge in [-0.3, -0.25) is 9.97 Å². The second-order valence-corrected chi connectivity index (χ2v) is 4.98. The molecule has 0 aliphatic rings. The van der Waals surface area contributed by atoms with E-state index in [1.807, 2.05) is 55.5 Å². The van der Waals surface area contributed by atoms with Gasteiger partial charge in [-0.1, -0.05) is 12.1 Å². The maximum Gasteiger partial charge on any atom is 0.155 e. The van der Waals surface area contributed by atoms with Gasteiger partial charge in [0, 0.05) is 23.8 Å². The van der Waals surface area contributed by atoms with Crippen molar-refractivity contribution < 1.29 is 4.74 Å². The number of nitrogens with zero attached hydrogens (tertiary/aromatic N) is 2. The highest BCUT2D eigenvalue weighted by Crippen LogP contribution is 2.29. The molecule has 0 amide bonds. The summed E-state index contributed by atoms with van der Waals surface area (Å²) in [5.41, 5.74) is 7.81. The zero-order valence-corrected chi connectivity index (χ0v) is 11.8. The molecule has 0 spiro atoms. The van der Waals surface area contributed by atoms with E-state index in [4.69, 9.17) is 10.5 Å². The van der Waals surface area contributed by atoms with Crippen LogP contribution in [-0.4, -0.2) is 16.0 Å². The molecular weight excluding hydrogens is 262 g/mol. The van der Waals surface area contributed by atoms with Gasteiger partial charge < -0.3 is 10.5 Å². The summed E-state index contributed by atoms with van der Waals surface area (Å²) in [5.74, 6) is 0.772. The first-order valence-electron chi connectivity index (χ1n) is 6.92. The first-order chi connectivity index (χ1) is 10.3. The molecule has 106 valence electrons. The molecular formula is C17H17N3O. The van der Waals surface area contributed by atoms with Crippen molar-refractivity contribution in [1.29, 1.82) is 0 Å². The Kier molecular flexibility index (Phi) is 3.79. The molecule has 0 aliphatic carbocycles. The van der Waals surface area contributed by atoms with E-state index in [1.54, 1.807) is 12.4 Å². The van der Waals surface area contributed by atoms with Crippen LogP contribution in [0.4, 0.5) is 0 Å². The molecule has 2 heterocycles. The summed E-state index contributed by atoms with van der Waals surface area (Å²) in [5, 5.41) is 0.974. The number of nitrogens with two attached hydrogens (primary N) is 1. The molecule has 2 N–H and O–H groups in total. The zero-order chi connectivity index (χ0) is 14.7. The van der Waals surface area contributed by atoms with Crippen LogP contribution in [0.5, 0.6) is 5.75 Å². The molecule has 21 heavy (non-hydrogen) atoms. The number of benzene rings is 1. The minimum Gasteiger partial charge on any atom is -0.482 e. The summed E-state index contributed by atoms with van der Waals surface area (Å²) in [6.07, 6.45) is 3.23. The van der Waals surface area contributed by atoms with Gasteiger partial charge in [0.25, 0.3) is 0 Å². The molecule has 3 aromatic rings. The first-order valence-corrected chi connectivity index (χ1v) is 6.92. The minimum atomic E-state index is -0.294. The molecule has 1 aromatic carbocycles. The predicted molar refractivity (Wildman–Crippen MR) is 83.0 cm³/mol. The van der Waals surface area contributed by atoms with Gasteiger partial charge >= 0.3 is 0 Å². The summed E-state index contributed by atoms with van der Waals surface area (Å²) in [7, 11) is 0. The largest absolute Gasteiger partial charge is 0.482 e. The molecule has 2 atom stereocenters. The summed E-state index contributed by atoms with van der Waals surface area (Å²) < 4.78 is 6.15. The lowest BCUT2D eigenvalue weighted by Crippen LogP contribution is -2.29. The Morgan fingerprint density at radius 2 is 1.81 bits per heavy atom. The fourth-order valence-electron chi connectivity index (χ4n) is 2.30. The SMILES string of the molecule is CC(N)C(Oc1cccc2ncccc12)c1ccccn1. The minimum absolute atomic E-state index is 0.174. The average molecular weight is 279 g/mol. The number of fused-ring (bicyclic) bond motifs is 1. The van der Waals surface area contributed by atoms with Gasteiger partial charge in [0.15, 0.2) is 6.10 Å². The Balaban J connectivity index is 1.99. The number of hydrogen-bond acceptors (Lipinski definition) is 4. The Morgan fingerprint density at radius 3 is 2.57 bits per heavy atom. The van der Waals surface area contributed by atoms with Crippen LogP contribution < -0.4 is 10.5 Å². The quantitative estimate of drug-likeness (QED) is 0.797. The Bertz CT molecular complexity index is 723. The highest BCUT2D eigenvalue weighted by Gasteiger charge is 2.20. The van der Waals surface area contributed by atoms with Crippen LogP contribution in [0.1, 0.15) is 18.7 Å². The topological polar surface area (TPSA) is 61.0 Å². The number of pyridine rings is 2. The van der Waals surface area contributed by atoms with Crippen molar-refractivity contribution in [2.24, 2.45) is 5.73 Å². The lowest BCUT2D eigenvalue weighted by Gasteiger charge is -2.22. The van der Waals surface area contributed by atoms with E-state index < -0.39 is 0 Å². The summed E-state index contributed by atoms with van der Waals surface area (Å²) in [4.78, 5) is 8.70. The fourth-order valence-corrected chi connectivity index (χ4v) is 2.30. The van der Waals surface area contributed by atoms with E-state index in [0.717, 1.165) is 22.3 Å². The number of hydrogen-bond donors (Lipinski definition) is 1.